The summed E-state index contributed by atoms with van der Waals surface area (Å²) in [5.41, 5.74) is 0. The van der Waals surface area contributed by atoms with Gasteiger partial charge in [-0.1, -0.05) is 70.1 Å². The molecule has 0 N–H and O–H groups in total. The lowest BCUT2D eigenvalue weighted by Crippen LogP contribution is -1.79. The fraction of sp³-hybridized carbons (Fsp3) is 0.733. The second kappa shape index (κ2) is 13.5. The summed E-state index contributed by atoms with van der Waals surface area (Å²) in [5, 5.41) is 0. The number of rotatable bonds is 11. The van der Waals surface area contributed by atoms with Crippen molar-refractivity contribution in [2.75, 3.05) is 0 Å². The van der Waals surface area contributed by atoms with Crippen molar-refractivity contribution in [3.63, 3.8) is 0 Å². The fourth-order valence-electron chi connectivity index (χ4n) is 1.71. The predicted octanol–water partition coefficient (Wildman–Crippen LogP) is 5.65. The Balaban J connectivity index is 2.95. The molecule has 0 radical (unpaired) electrons. The summed E-state index contributed by atoms with van der Waals surface area (Å²) in [4.78, 5) is 0. The van der Waals surface area contributed by atoms with Crippen LogP contribution in [0.3, 0.4) is 0 Å². The van der Waals surface area contributed by atoms with Crippen LogP contribution >= 0.6 is 0 Å². The van der Waals surface area contributed by atoms with Gasteiger partial charge in [-0.2, -0.15) is 0 Å². The second-order valence-corrected chi connectivity index (χ2v) is 4.26. The van der Waals surface area contributed by atoms with Crippen LogP contribution in [0.4, 0.5) is 0 Å². The van der Waals surface area contributed by atoms with Gasteiger partial charge in [0.1, 0.15) is 0 Å². The van der Waals surface area contributed by atoms with Gasteiger partial charge in [-0.25, -0.2) is 0 Å². The Morgan fingerprint density at radius 1 is 0.800 bits per heavy atom. The molecule has 0 bridgehead atoms. The van der Waals surface area contributed by atoms with Crippen LogP contribution in [0, 0.1) is 0 Å². The van der Waals surface area contributed by atoms with Gasteiger partial charge >= 0.3 is 0 Å². The largest absolute Gasteiger partial charge is 0.103 e. The van der Waals surface area contributed by atoms with E-state index in [1.54, 1.807) is 0 Å². The summed E-state index contributed by atoms with van der Waals surface area (Å²) < 4.78 is 0. The van der Waals surface area contributed by atoms with E-state index in [0.29, 0.717) is 0 Å². The van der Waals surface area contributed by atoms with Crippen molar-refractivity contribution in [1.29, 1.82) is 0 Å². The molecule has 0 aliphatic heterocycles. The maximum absolute atomic E-state index is 3.69. The lowest BCUT2D eigenvalue weighted by Gasteiger charge is -1.99. The van der Waals surface area contributed by atoms with Gasteiger partial charge < -0.3 is 0 Å². The molecule has 0 saturated heterocycles. The van der Waals surface area contributed by atoms with Gasteiger partial charge in [0.15, 0.2) is 0 Å². The molecule has 88 valence electrons. The standard InChI is InChI=1S/C15H28/c1-3-5-7-9-11-13-15-14-12-10-8-6-4-2/h3,7,9H,1,4-6,8,10-15H2,2H3/b9-7-. The van der Waals surface area contributed by atoms with Gasteiger partial charge in [-0.3, -0.25) is 0 Å². The van der Waals surface area contributed by atoms with E-state index in [-0.39, 0.29) is 0 Å². The smallest absolute Gasteiger partial charge is 0.0172 e. The molecular formula is C15H28. The molecule has 0 atom stereocenters. The van der Waals surface area contributed by atoms with Crippen LogP contribution < -0.4 is 0 Å². The Hall–Kier alpha value is -0.520. The van der Waals surface area contributed by atoms with E-state index in [0.717, 1.165) is 6.42 Å². The highest BCUT2D eigenvalue weighted by molar-refractivity contribution is 4.87. The number of hydrogen-bond donors (Lipinski definition) is 0. The molecule has 0 aliphatic carbocycles. The highest BCUT2D eigenvalue weighted by atomic mass is 14.0. The second-order valence-electron chi connectivity index (χ2n) is 4.26. The molecule has 0 aliphatic rings. The molecule has 15 heavy (non-hydrogen) atoms. The zero-order chi connectivity index (χ0) is 11.2. The van der Waals surface area contributed by atoms with E-state index < -0.39 is 0 Å². The minimum absolute atomic E-state index is 1.02. The zero-order valence-electron chi connectivity index (χ0n) is 10.5. The monoisotopic (exact) mass is 208 g/mol. The van der Waals surface area contributed by atoms with E-state index in [1.807, 2.05) is 6.08 Å². The molecule has 0 aromatic heterocycles. The van der Waals surface area contributed by atoms with Crippen LogP contribution in [-0.4, -0.2) is 0 Å². The van der Waals surface area contributed by atoms with Gasteiger partial charge in [-0.15, -0.1) is 6.58 Å². The Bertz CT molecular complexity index is 144. The van der Waals surface area contributed by atoms with Crippen molar-refractivity contribution < 1.29 is 0 Å². The van der Waals surface area contributed by atoms with Crippen molar-refractivity contribution in [3.8, 4) is 0 Å². The molecule has 0 heteroatoms. The van der Waals surface area contributed by atoms with E-state index >= 15 is 0 Å². The van der Waals surface area contributed by atoms with Gasteiger partial charge in [-0.05, 0) is 19.3 Å². The third-order valence-corrected chi connectivity index (χ3v) is 2.69. The van der Waals surface area contributed by atoms with E-state index in [4.69, 9.17) is 0 Å². The molecule has 0 heterocycles. The lowest BCUT2D eigenvalue weighted by molar-refractivity contribution is 0.577. The molecule has 0 amide bonds. The van der Waals surface area contributed by atoms with Crippen molar-refractivity contribution in [3.05, 3.63) is 24.8 Å². The minimum atomic E-state index is 1.02. The highest BCUT2D eigenvalue weighted by Gasteiger charge is 1.89. The van der Waals surface area contributed by atoms with Gasteiger partial charge in [0.2, 0.25) is 0 Å². The summed E-state index contributed by atoms with van der Waals surface area (Å²) in [6, 6.07) is 0. The molecule has 0 nitrogen and oxygen atoms in total. The zero-order valence-corrected chi connectivity index (χ0v) is 10.5. The van der Waals surface area contributed by atoms with Gasteiger partial charge in [0, 0.05) is 0 Å². The van der Waals surface area contributed by atoms with Crippen LogP contribution in [0.25, 0.3) is 0 Å². The van der Waals surface area contributed by atoms with Crippen LogP contribution in [0.15, 0.2) is 24.8 Å². The van der Waals surface area contributed by atoms with Gasteiger partial charge in [0.05, 0.1) is 0 Å². The first kappa shape index (κ1) is 14.5. The quantitative estimate of drug-likeness (QED) is 0.304. The Kier molecular flexibility index (Phi) is 13.0. The molecule has 0 rings (SSSR count). The topological polar surface area (TPSA) is 0 Å². The maximum atomic E-state index is 3.69. The summed E-state index contributed by atoms with van der Waals surface area (Å²) in [5.74, 6) is 0. The molecule has 0 aromatic carbocycles. The highest BCUT2D eigenvalue weighted by Crippen LogP contribution is 2.09. The average Bonchev–Trinajstić information content (AvgIpc) is 2.26. The Morgan fingerprint density at radius 2 is 1.40 bits per heavy atom. The Morgan fingerprint density at radius 3 is 2.00 bits per heavy atom. The molecule has 0 saturated carbocycles. The minimum Gasteiger partial charge on any atom is -0.103 e. The molecule has 0 unspecified atom stereocenters. The van der Waals surface area contributed by atoms with Crippen molar-refractivity contribution in [1.82, 2.24) is 0 Å². The van der Waals surface area contributed by atoms with Crippen LogP contribution in [0.5, 0.6) is 0 Å². The summed E-state index contributed by atoms with van der Waals surface area (Å²) in [7, 11) is 0. The van der Waals surface area contributed by atoms with Gasteiger partial charge in [0.25, 0.3) is 0 Å². The first-order valence-corrected chi connectivity index (χ1v) is 6.67. The third-order valence-electron chi connectivity index (χ3n) is 2.69. The fourth-order valence-corrected chi connectivity index (χ4v) is 1.71. The molecular weight excluding hydrogens is 180 g/mol. The number of allylic oxidation sites excluding steroid dienone is 3. The van der Waals surface area contributed by atoms with E-state index in [1.165, 1.54) is 57.8 Å². The lowest BCUT2D eigenvalue weighted by atomic mass is 10.1. The van der Waals surface area contributed by atoms with Crippen molar-refractivity contribution >= 4 is 0 Å². The third kappa shape index (κ3) is 13.5. The van der Waals surface area contributed by atoms with Crippen molar-refractivity contribution in [2.24, 2.45) is 0 Å². The van der Waals surface area contributed by atoms with Crippen LogP contribution in [-0.2, 0) is 0 Å². The SMILES string of the molecule is C=CC/C=C\CCCCCCCCCC. The van der Waals surface area contributed by atoms with E-state index in [2.05, 4.69) is 25.7 Å². The first-order valence-electron chi connectivity index (χ1n) is 6.67. The summed E-state index contributed by atoms with van der Waals surface area (Å²) in [6.45, 7) is 5.97. The summed E-state index contributed by atoms with van der Waals surface area (Å²) in [6.07, 6.45) is 20.0. The first-order chi connectivity index (χ1) is 7.41. The molecule has 0 spiro atoms. The molecule has 0 aromatic rings. The summed E-state index contributed by atoms with van der Waals surface area (Å²) >= 11 is 0. The Labute approximate surface area is 96.5 Å². The number of unbranched alkanes of at least 4 members (excludes halogenated alkanes) is 8. The number of hydrogen-bond acceptors (Lipinski definition) is 0. The van der Waals surface area contributed by atoms with E-state index in [9.17, 15) is 0 Å². The maximum Gasteiger partial charge on any atom is -0.0172 e. The van der Waals surface area contributed by atoms with Crippen molar-refractivity contribution in [2.45, 2.75) is 71.1 Å². The molecule has 0 fully saturated rings. The van der Waals surface area contributed by atoms with Crippen LogP contribution in [0.1, 0.15) is 71.1 Å². The average molecular weight is 208 g/mol. The predicted molar refractivity (Wildman–Crippen MR) is 71.2 cm³/mol. The van der Waals surface area contributed by atoms with Crippen LogP contribution in [0.2, 0.25) is 0 Å². The normalized spacial score (nSPS) is 11.0.